The summed E-state index contributed by atoms with van der Waals surface area (Å²) in [7, 11) is 0. The summed E-state index contributed by atoms with van der Waals surface area (Å²) in [5.74, 6) is 0.584. The highest BCUT2D eigenvalue weighted by Gasteiger charge is 2.51. The van der Waals surface area contributed by atoms with Crippen LogP contribution in [0.3, 0.4) is 0 Å². The second kappa shape index (κ2) is 2.46. The summed E-state index contributed by atoms with van der Waals surface area (Å²) < 4.78 is 0. The maximum absolute atomic E-state index is 9.88. The maximum Gasteiger partial charge on any atom is 0.0636 e. The number of hydrogen-bond donors (Lipinski definition) is 2. The van der Waals surface area contributed by atoms with Crippen LogP contribution in [-0.4, -0.2) is 17.8 Å². The van der Waals surface area contributed by atoms with Gasteiger partial charge in [-0.25, -0.2) is 0 Å². The van der Waals surface area contributed by atoms with E-state index in [1.165, 1.54) is 19.3 Å². The van der Waals surface area contributed by atoms with Crippen molar-refractivity contribution in [2.75, 3.05) is 6.54 Å². The molecule has 2 aliphatic carbocycles. The lowest BCUT2D eigenvalue weighted by atomic mass is 9.75. The van der Waals surface area contributed by atoms with Crippen LogP contribution in [-0.2, 0) is 0 Å². The third-order valence-corrected chi connectivity index (χ3v) is 3.52. The first-order valence-electron chi connectivity index (χ1n) is 4.67. The van der Waals surface area contributed by atoms with E-state index in [4.69, 9.17) is 5.73 Å². The van der Waals surface area contributed by atoms with Gasteiger partial charge >= 0.3 is 0 Å². The van der Waals surface area contributed by atoms with Gasteiger partial charge in [0.2, 0.25) is 0 Å². The fourth-order valence-corrected chi connectivity index (χ4v) is 2.04. The van der Waals surface area contributed by atoms with Crippen LogP contribution < -0.4 is 5.73 Å². The molecule has 2 saturated carbocycles. The zero-order valence-corrected chi connectivity index (χ0v) is 6.92. The highest BCUT2D eigenvalue weighted by molar-refractivity contribution is 5.02. The van der Waals surface area contributed by atoms with Crippen LogP contribution >= 0.6 is 0 Å². The molecule has 2 heteroatoms. The minimum absolute atomic E-state index is 0.0822. The van der Waals surface area contributed by atoms with E-state index >= 15 is 0 Å². The van der Waals surface area contributed by atoms with Crippen LogP contribution in [0.2, 0.25) is 0 Å². The Morgan fingerprint density at radius 1 is 1.45 bits per heavy atom. The minimum atomic E-state index is -0.0822. The zero-order chi connectivity index (χ0) is 7.90. The third kappa shape index (κ3) is 1.09. The summed E-state index contributed by atoms with van der Waals surface area (Å²) in [6.45, 7) is 0.685. The fraction of sp³-hybridized carbons (Fsp3) is 1.00. The molecule has 2 nitrogen and oxygen atoms in total. The molecule has 64 valence electrons. The Morgan fingerprint density at radius 3 is 2.36 bits per heavy atom. The molecule has 0 aromatic rings. The van der Waals surface area contributed by atoms with E-state index in [9.17, 15) is 5.11 Å². The number of nitrogens with two attached hydrogens (primary N) is 1. The first-order chi connectivity index (χ1) is 5.28. The summed E-state index contributed by atoms with van der Waals surface area (Å²) >= 11 is 0. The second-order valence-corrected chi connectivity index (χ2v) is 4.20. The smallest absolute Gasteiger partial charge is 0.0636 e. The van der Waals surface area contributed by atoms with Gasteiger partial charge < -0.3 is 10.8 Å². The molecule has 11 heavy (non-hydrogen) atoms. The molecule has 0 radical (unpaired) electrons. The SMILES string of the molecule is NCC1([C@H](O)C2CCC2)CC1. The van der Waals surface area contributed by atoms with Crippen molar-refractivity contribution < 1.29 is 5.11 Å². The Labute approximate surface area is 67.8 Å². The molecule has 1 atom stereocenters. The number of hydrogen-bond acceptors (Lipinski definition) is 2. The van der Waals surface area contributed by atoms with Crippen LogP contribution in [0, 0.1) is 11.3 Å². The Balaban J connectivity index is 1.92. The van der Waals surface area contributed by atoms with Gasteiger partial charge in [0.15, 0.2) is 0 Å². The van der Waals surface area contributed by atoms with Crippen LogP contribution in [0.5, 0.6) is 0 Å². The van der Waals surface area contributed by atoms with Crippen molar-refractivity contribution in [2.24, 2.45) is 17.1 Å². The molecular formula is C9H17NO. The van der Waals surface area contributed by atoms with Crippen molar-refractivity contribution in [3.05, 3.63) is 0 Å². The third-order valence-electron chi connectivity index (χ3n) is 3.52. The number of aliphatic hydroxyl groups is 1. The lowest BCUT2D eigenvalue weighted by molar-refractivity contribution is 0.00638. The largest absolute Gasteiger partial charge is 0.392 e. The molecule has 2 rings (SSSR count). The van der Waals surface area contributed by atoms with Gasteiger partial charge in [0, 0.05) is 12.0 Å². The lowest BCUT2D eigenvalue weighted by Gasteiger charge is -2.35. The van der Waals surface area contributed by atoms with Crippen molar-refractivity contribution in [3.8, 4) is 0 Å². The topological polar surface area (TPSA) is 46.2 Å². The van der Waals surface area contributed by atoms with Gasteiger partial charge in [0.1, 0.15) is 0 Å². The van der Waals surface area contributed by atoms with Crippen LogP contribution in [0.4, 0.5) is 0 Å². The van der Waals surface area contributed by atoms with Crippen LogP contribution in [0.25, 0.3) is 0 Å². The van der Waals surface area contributed by atoms with Gasteiger partial charge in [0.05, 0.1) is 6.10 Å². The Kier molecular flexibility index (Phi) is 1.69. The molecule has 3 N–H and O–H groups in total. The van der Waals surface area contributed by atoms with Crippen molar-refractivity contribution in [2.45, 2.75) is 38.2 Å². The standard InChI is InChI=1S/C9H17NO/c10-6-9(4-5-9)8(11)7-2-1-3-7/h7-8,11H,1-6,10H2/t8-/m1/s1. The first kappa shape index (κ1) is 7.56. The second-order valence-electron chi connectivity index (χ2n) is 4.20. The Morgan fingerprint density at radius 2 is 2.09 bits per heavy atom. The summed E-state index contributed by atoms with van der Waals surface area (Å²) in [4.78, 5) is 0. The van der Waals surface area contributed by atoms with Gasteiger partial charge in [-0.3, -0.25) is 0 Å². The lowest BCUT2D eigenvalue weighted by Crippen LogP contribution is -2.38. The number of aliphatic hydroxyl groups excluding tert-OH is 1. The molecule has 2 aliphatic rings. The molecule has 0 aromatic carbocycles. The van der Waals surface area contributed by atoms with E-state index in [1.807, 2.05) is 0 Å². The molecular weight excluding hydrogens is 138 g/mol. The molecule has 0 aliphatic heterocycles. The summed E-state index contributed by atoms with van der Waals surface area (Å²) in [6, 6.07) is 0. The fourth-order valence-electron chi connectivity index (χ4n) is 2.04. The van der Waals surface area contributed by atoms with Crippen molar-refractivity contribution in [1.29, 1.82) is 0 Å². The van der Waals surface area contributed by atoms with E-state index < -0.39 is 0 Å². The monoisotopic (exact) mass is 155 g/mol. The molecule has 0 bridgehead atoms. The van der Waals surface area contributed by atoms with E-state index in [0.717, 1.165) is 12.8 Å². The summed E-state index contributed by atoms with van der Waals surface area (Å²) in [6.07, 6.45) is 5.98. The molecule has 0 aromatic heterocycles. The highest BCUT2D eigenvalue weighted by Crippen LogP contribution is 2.52. The molecule has 0 unspecified atom stereocenters. The van der Waals surface area contributed by atoms with Crippen LogP contribution in [0.1, 0.15) is 32.1 Å². The molecule has 0 amide bonds. The molecule has 0 heterocycles. The maximum atomic E-state index is 9.88. The van der Waals surface area contributed by atoms with Gasteiger partial charge in [-0.1, -0.05) is 6.42 Å². The van der Waals surface area contributed by atoms with E-state index in [-0.39, 0.29) is 11.5 Å². The quantitative estimate of drug-likeness (QED) is 0.635. The summed E-state index contributed by atoms with van der Waals surface area (Å²) in [5.41, 5.74) is 5.78. The molecule has 0 spiro atoms. The predicted octanol–water partition coefficient (Wildman–Crippen LogP) is 0.886. The van der Waals surface area contributed by atoms with Gasteiger partial charge in [-0.05, 0) is 31.6 Å². The first-order valence-corrected chi connectivity index (χ1v) is 4.67. The average Bonchev–Trinajstić information content (AvgIpc) is 2.63. The average molecular weight is 155 g/mol. The van der Waals surface area contributed by atoms with Gasteiger partial charge in [0.25, 0.3) is 0 Å². The minimum Gasteiger partial charge on any atom is -0.392 e. The van der Waals surface area contributed by atoms with Crippen molar-refractivity contribution in [3.63, 3.8) is 0 Å². The molecule has 2 fully saturated rings. The van der Waals surface area contributed by atoms with Crippen molar-refractivity contribution >= 4 is 0 Å². The predicted molar refractivity (Wildman–Crippen MR) is 44.1 cm³/mol. The summed E-state index contributed by atoms with van der Waals surface area (Å²) in [5, 5.41) is 9.88. The Bertz CT molecular complexity index is 150. The van der Waals surface area contributed by atoms with Crippen molar-refractivity contribution in [1.82, 2.24) is 0 Å². The normalized spacial score (nSPS) is 31.1. The van der Waals surface area contributed by atoms with E-state index in [2.05, 4.69) is 0 Å². The highest BCUT2D eigenvalue weighted by atomic mass is 16.3. The van der Waals surface area contributed by atoms with Crippen LogP contribution in [0.15, 0.2) is 0 Å². The van der Waals surface area contributed by atoms with Gasteiger partial charge in [-0.15, -0.1) is 0 Å². The zero-order valence-electron chi connectivity index (χ0n) is 6.92. The Hall–Kier alpha value is -0.0800. The molecule has 0 saturated heterocycles. The number of rotatable bonds is 3. The van der Waals surface area contributed by atoms with Gasteiger partial charge in [-0.2, -0.15) is 0 Å². The van der Waals surface area contributed by atoms with E-state index in [1.54, 1.807) is 0 Å². The van der Waals surface area contributed by atoms with E-state index in [0.29, 0.717) is 12.5 Å².